The van der Waals surface area contributed by atoms with Crippen molar-refractivity contribution in [3.63, 3.8) is 0 Å². The van der Waals surface area contributed by atoms with Crippen molar-refractivity contribution in [2.75, 3.05) is 60.0 Å². The average Bonchev–Trinajstić information content (AvgIpc) is 3.28. The molecule has 6 fully saturated rings. The van der Waals surface area contributed by atoms with Crippen LogP contribution in [0.4, 0.5) is 9.18 Å². The fourth-order valence-corrected chi connectivity index (χ4v) is 10.0. The number of rotatable bonds is 5. The van der Waals surface area contributed by atoms with E-state index in [2.05, 4.69) is 27.5 Å². The number of carbonyl (C=O) groups excluding carboxylic acids is 1. The number of amides is 2. The monoisotopic (exact) mass is 563 g/mol. The Hall–Kier alpha value is -1.00. The number of carbonyl (C=O) groups is 1. The lowest BCUT2D eigenvalue weighted by Crippen LogP contribution is -2.68. The maximum atomic E-state index is 13.9. The molecule has 0 radical (unpaired) electrons. The van der Waals surface area contributed by atoms with Crippen LogP contribution in [0.2, 0.25) is 0 Å². The van der Waals surface area contributed by atoms with E-state index >= 15 is 0 Å². The van der Waals surface area contributed by atoms with Gasteiger partial charge in [-0.1, -0.05) is 0 Å². The minimum atomic E-state index is -0.738. The van der Waals surface area contributed by atoms with Crippen molar-refractivity contribution in [1.82, 2.24) is 25.3 Å². The number of nitrogens with zero attached hydrogens (tertiary/aromatic N) is 3. The van der Waals surface area contributed by atoms with E-state index in [9.17, 15) is 14.3 Å². The van der Waals surface area contributed by atoms with Crippen LogP contribution in [0, 0.1) is 23.2 Å². The van der Waals surface area contributed by atoms with Crippen LogP contribution in [-0.2, 0) is 4.74 Å². The summed E-state index contributed by atoms with van der Waals surface area (Å²) in [4.78, 5) is 21.2. The summed E-state index contributed by atoms with van der Waals surface area (Å²) in [7, 11) is 4.08. The van der Waals surface area contributed by atoms with Crippen molar-refractivity contribution in [3.05, 3.63) is 0 Å². The second-order valence-corrected chi connectivity index (χ2v) is 14.2. The molecular formula is C31H54FN5O3. The number of hydrogen-bond donors (Lipinski definition) is 3. The molecule has 6 aliphatic rings. The number of ether oxygens (including phenoxy) is 1. The van der Waals surface area contributed by atoms with Gasteiger partial charge >= 0.3 is 6.03 Å². The Kier molecular flexibility index (Phi) is 8.95. The molecule has 4 saturated heterocycles. The third-order valence-electron chi connectivity index (χ3n) is 12.2. The Labute approximate surface area is 240 Å². The summed E-state index contributed by atoms with van der Waals surface area (Å²) < 4.78 is 19.6. The summed E-state index contributed by atoms with van der Waals surface area (Å²) in [5.41, 5.74) is 0.0686. The lowest BCUT2D eigenvalue weighted by molar-refractivity contribution is -0.0817. The lowest BCUT2D eigenvalue weighted by atomic mass is 9.57. The van der Waals surface area contributed by atoms with Crippen LogP contribution in [0.5, 0.6) is 0 Å². The Balaban J connectivity index is 1.24. The van der Waals surface area contributed by atoms with Crippen molar-refractivity contribution in [2.24, 2.45) is 23.2 Å². The van der Waals surface area contributed by atoms with Gasteiger partial charge in [-0.25, -0.2) is 9.18 Å². The van der Waals surface area contributed by atoms with E-state index in [0.717, 1.165) is 64.3 Å². The molecule has 6 rings (SSSR count). The number of fused-ring (bicyclic) bond motifs is 4. The van der Waals surface area contributed by atoms with E-state index in [-0.39, 0.29) is 36.2 Å². The van der Waals surface area contributed by atoms with Crippen LogP contribution in [-0.4, -0.2) is 122 Å². The molecule has 8 nitrogen and oxygen atoms in total. The third kappa shape index (κ3) is 5.54. The van der Waals surface area contributed by atoms with Crippen LogP contribution in [0.3, 0.4) is 0 Å². The molecule has 2 amide bonds. The van der Waals surface area contributed by atoms with E-state index < -0.39 is 6.17 Å². The van der Waals surface area contributed by atoms with Crippen molar-refractivity contribution in [2.45, 2.75) is 107 Å². The fourth-order valence-electron chi connectivity index (χ4n) is 10.0. The van der Waals surface area contributed by atoms with Gasteiger partial charge in [0.15, 0.2) is 0 Å². The highest BCUT2D eigenvalue weighted by molar-refractivity contribution is 5.75. The van der Waals surface area contributed by atoms with Crippen LogP contribution < -0.4 is 10.6 Å². The summed E-state index contributed by atoms with van der Waals surface area (Å²) >= 11 is 0. The van der Waals surface area contributed by atoms with Crippen LogP contribution in [0.15, 0.2) is 0 Å². The second kappa shape index (κ2) is 12.3. The van der Waals surface area contributed by atoms with Gasteiger partial charge in [0.25, 0.3) is 0 Å². The Morgan fingerprint density at radius 3 is 2.58 bits per heavy atom. The van der Waals surface area contributed by atoms with Gasteiger partial charge in [0.05, 0.1) is 18.8 Å². The molecule has 7 atom stereocenters. The maximum Gasteiger partial charge on any atom is 0.318 e. The van der Waals surface area contributed by atoms with Crippen LogP contribution in [0.1, 0.15) is 70.6 Å². The number of alkyl halides is 1. The molecule has 2 saturated carbocycles. The number of urea groups is 1. The highest BCUT2D eigenvalue weighted by Gasteiger charge is 2.63. The summed E-state index contributed by atoms with van der Waals surface area (Å²) in [6.07, 6.45) is 10.2. The number of methoxy groups -OCH3 is 1. The number of halogens is 1. The molecule has 3 N–H and O–H groups in total. The number of likely N-dealkylation sites (N-methyl/N-ethyl adjacent to an activating group) is 1. The molecule has 6 unspecified atom stereocenters. The van der Waals surface area contributed by atoms with Gasteiger partial charge in [0, 0.05) is 38.3 Å². The topological polar surface area (TPSA) is 80.3 Å². The molecule has 0 aromatic carbocycles. The summed E-state index contributed by atoms with van der Waals surface area (Å²) in [5.74, 6) is 1.82. The van der Waals surface area contributed by atoms with Crippen LogP contribution in [0.25, 0.3) is 0 Å². The number of hydrogen-bond acceptors (Lipinski definition) is 6. The molecule has 9 heteroatoms. The molecule has 0 aromatic rings. The van der Waals surface area contributed by atoms with Gasteiger partial charge in [0.2, 0.25) is 0 Å². The first-order valence-corrected chi connectivity index (χ1v) is 16.4. The standard InChI is InChI=1S/C31H54FN5O3/c1-35-26-16-24(40-2)9-10-25(26)28-29(35)27(19-38)37(30(39)34-23-7-5-22(32)6-8-23)20-31(28)11-14-36(15-12-31)18-21-4-3-13-33-17-21/h21-29,33,38H,3-20H2,1-2H3,(H,34,39)/t21?,22?,23?,24?,25?,26?,27-,28?,29?/m0/s1. The maximum absolute atomic E-state index is 13.9. The van der Waals surface area contributed by atoms with E-state index in [0.29, 0.717) is 49.7 Å². The quantitative estimate of drug-likeness (QED) is 0.478. The van der Waals surface area contributed by atoms with Gasteiger partial charge in [-0.3, -0.25) is 4.90 Å². The minimum Gasteiger partial charge on any atom is -0.394 e. The first-order valence-electron chi connectivity index (χ1n) is 16.4. The Morgan fingerprint density at radius 1 is 1.12 bits per heavy atom. The number of piperidine rings is 3. The highest BCUT2D eigenvalue weighted by Crippen LogP contribution is 2.58. The molecule has 4 heterocycles. The zero-order valence-electron chi connectivity index (χ0n) is 24.9. The average molecular weight is 564 g/mol. The molecule has 4 aliphatic heterocycles. The second-order valence-electron chi connectivity index (χ2n) is 14.2. The number of likely N-dealkylation sites (tertiary alicyclic amines) is 3. The SMILES string of the molecule is COC1CCC2C(C1)N(C)C1C2C2(CCN(CC3CCCNC3)CC2)CN(C(=O)NC2CCC(F)CC2)[C@H]1CO. The number of nitrogens with one attached hydrogen (secondary N) is 2. The molecule has 40 heavy (non-hydrogen) atoms. The minimum absolute atomic E-state index is 0.0137. The summed E-state index contributed by atoms with van der Waals surface area (Å²) in [6.45, 7) is 6.38. The molecular weight excluding hydrogens is 509 g/mol. The van der Waals surface area contributed by atoms with Gasteiger partial charge in [0.1, 0.15) is 6.17 Å². The molecule has 0 bridgehead atoms. The largest absolute Gasteiger partial charge is 0.394 e. The fraction of sp³-hybridized carbons (Fsp3) is 0.968. The smallest absolute Gasteiger partial charge is 0.318 e. The summed E-state index contributed by atoms with van der Waals surface area (Å²) in [6, 6.07) is 0.369. The van der Waals surface area contributed by atoms with Crippen LogP contribution >= 0.6 is 0 Å². The van der Waals surface area contributed by atoms with E-state index in [1.54, 1.807) is 0 Å². The molecule has 2 aliphatic carbocycles. The lowest BCUT2D eigenvalue weighted by Gasteiger charge is -2.58. The van der Waals surface area contributed by atoms with Crippen molar-refractivity contribution in [3.8, 4) is 0 Å². The number of aliphatic hydroxyl groups excluding tert-OH is 1. The predicted molar refractivity (Wildman–Crippen MR) is 154 cm³/mol. The Bertz CT molecular complexity index is 858. The normalized spacial score (nSPS) is 42.4. The van der Waals surface area contributed by atoms with Gasteiger partial charge < -0.3 is 30.3 Å². The van der Waals surface area contributed by atoms with Crippen molar-refractivity contribution >= 4 is 6.03 Å². The van der Waals surface area contributed by atoms with Crippen molar-refractivity contribution in [1.29, 1.82) is 0 Å². The van der Waals surface area contributed by atoms with E-state index in [4.69, 9.17) is 4.74 Å². The van der Waals surface area contributed by atoms with E-state index in [1.807, 2.05) is 12.0 Å². The van der Waals surface area contributed by atoms with Crippen molar-refractivity contribution < 1.29 is 19.0 Å². The van der Waals surface area contributed by atoms with Gasteiger partial charge in [-0.05, 0) is 127 Å². The van der Waals surface area contributed by atoms with Gasteiger partial charge in [-0.15, -0.1) is 0 Å². The highest BCUT2D eigenvalue weighted by atomic mass is 19.1. The van der Waals surface area contributed by atoms with E-state index in [1.165, 1.54) is 25.8 Å². The zero-order chi connectivity index (χ0) is 27.9. The molecule has 0 aromatic heterocycles. The predicted octanol–water partition coefficient (Wildman–Crippen LogP) is 2.85. The zero-order valence-corrected chi connectivity index (χ0v) is 24.9. The number of aliphatic hydroxyl groups is 1. The summed E-state index contributed by atoms with van der Waals surface area (Å²) in [5, 5.41) is 17.7. The first-order chi connectivity index (χ1) is 19.4. The Morgan fingerprint density at radius 2 is 1.90 bits per heavy atom. The first kappa shape index (κ1) is 29.1. The third-order valence-corrected chi connectivity index (χ3v) is 12.2. The molecule has 1 spiro atoms. The van der Waals surface area contributed by atoms with Gasteiger partial charge in [-0.2, -0.15) is 0 Å². The molecule has 228 valence electrons.